The molecule has 0 radical (unpaired) electrons. The van der Waals surface area contributed by atoms with Crippen molar-refractivity contribution in [2.24, 2.45) is 0 Å². The molecule has 0 unspecified atom stereocenters. The third-order valence-corrected chi connectivity index (χ3v) is 7.08. The van der Waals surface area contributed by atoms with Crippen LogP contribution in [-0.2, 0) is 0 Å². The number of carbonyl (C=O) groups is 1. The summed E-state index contributed by atoms with van der Waals surface area (Å²) in [4.78, 5) is 26.8. The Kier molecular flexibility index (Phi) is 7.08. The molecule has 0 atom stereocenters. The highest BCUT2D eigenvalue weighted by molar-refractivity contribution is 7.23. The largest absolute Gasteiger partial charge is 1.00 e. The Hall–Kier alpha value is -2.06. The lowest BCUT2D eigenvalue weighted by Crippen LogP contribution is -3.00. The van der Waals surface area contributed by atoms with Gasteiger partial charge < -0.3 is 17.3 Å². The number of fused-ring (bicyclic) bond motifs is 2. The monoisotopic (exact) mass is 459 g/mol. The normalized spacial score (nSPS) is 11.2. The molecule has 0 aliphatic carbocycles. The number of hydrogen-bond acceptors (Lipinski definition) is 6. The summed E-state index contributed by atoms with van der Waals surface area (Å²) in [5, 5.41) is 1.26. The van der Waals surface area contributed by atoms with Crippen LogP contribution in [0.3, 0.4) is 0 Å². The molecular weight excluding hydrogens is 436 g/mol. The maximum absolute atomic E-state index is 13.4. The number of aromatic nitrogens is 2. The van der Waals surface area contributed by atoms with Gasteiger partial charge in [0.05, 0.1) is 20.4 Å². The fourth-order valence-electron chi connectivity index (χ4n) is 3.24. The molecule has 0 fully saturated rings. The fraction of sp³-hybridized carbons (Fsp3) is 0.318. The molecule has 0 saturated heterocycles. The van der Waals surface area contributed by atoms with Crippen LogP contribution in [0, 0.1) is 13.8 Å². The van der Waals surface area contributed by atoms with Gasteiger partial charge in [-0.3, -0.25) is 9.69 Å². The minimum atomic E-state index is -0.0709. The highest BCUT2D eigenvalue weighted by Gasteiger charge is 2.24. The fourth-order valence-corrected chi connectivity index (χ4v) is 5.20. The van der Waals surface area contributed by atoms with Gasteiger partial charge in [-0.2, -0.15) is 0 Å². The molecule has 2 heterocycles. The van der Waals surface area contributed by atoms with Crippen molar-refractivity contribution in [3.05, 3.63) is 52.5 Å². The van der Waals surface area contributed by atoms with Crippen molar-refractivity contribution in [1.82, 2.24) is 14.9 Å². The zero-order chi connectivity index (χ0) is 20.5. The average Bonchev–Trinajstić information content (AvgIpc) is 3.32. The first-order chi connectivity index (χ1) is 13.9. The Morgan fingerprint density at radius 3 is 2.47 bits per heavy atom. The zero-order valence-corrected chi connectivity index (χ0v) is 19.9. The van der Waals surface area contributed by atoms with E-state index in [1.165, 1.54) is 22.5 Å². The van der Waals surface area contributed by atoms with Gasteiger partial charge in [-0.15, -0.1) is 11.3 Å². The molecule has 0 aliphatic rings. The van der Waals surface area contributed by atoms with E-state index in [-0.39, 0.29) is 18.3 Å². The molecule has 4 rings (SSSR count). The first-order valence-corrected chi connectivity index (χ1v) is 11.3. The summed E-state index contributed by atoms with van der Waals surface area (Å²) in [5.41, 5.74) is 4.24. The first-order valence-electron chi connectivity index (χ1n) is 9.63. The molecule has 2 aromatic heterocycles. The SMILES string of the molecule is Cc1ccc2sc(N(CCCN(C)C)C(=O)c3nc4ccccc4s3)nc2c1C.[Cl-]. The van der Waals surface area contributed by atoms with Gasteiger partial charge in [0.25, 0.3) is 5.91 Å². The smallest absolute Gasteiger partial charge is 0.289 e. The zero-order valence-electron chi connectivity index (χ0n) is 17.5. The molecule has 1 amide bonds. The van der Waals surface area contributed by atoms with Gasteiger partial charge in [-0.25, -0.2) is 9.97 Å². The van der Waals surface area contributed by atoms with Crippen LogP contribution < -0.4 is 17.3 Å². The minimum Gasteiger partial charge on any atom is -1.00 e. The van der Waals surface area contributed by atoms with Crippen LogP contribution in [0.1, 0.15) is 27.3 Å². The summed E-state index contributed by atoms with van der Waals surface area (Å²) in [6.45, 7) is 5.71. The van der Waals surface area contributed by atoms with Gasteiger partial charge >= 0.3 is 0 Å². The topological polar surface area (TPSA) is 49.3 Å². The summed E-state index contributed by atoms with van der Waals surface area (Å²) in [6.07, 6.45) is 0.873. The predicted molar refractivity (Wildman–Crippen MR) is 124 cm³/mol. The molecule has 5 nitrogen and oxygen atoms in total. The summed E-state index contributed by atoms with van der Waals surface area (Å²) in [6, 6.07) is 12.1. The first kappa shape index (κ1) is 22.6. The Bertz CT molecular complexity index is 1150. The number of aryl methyl sites for hydroxylation is 2. The molecule has 8 heteroatoms. The molecule has 0 aliphatic heterocycles. The molecule has 0 bridgehead atoms. The van der Waals surface area contributed by atoms with E-state index in [1.54, 1.807) is 16.2 Å². The number of nitrogens with zero attached hydrogens (tertiary/aromatic N) is 4. The molecule has 158 valence electrons. The second-order valence-corrected chi connectivity index (χ2v) is 9.49. The molecule has 4 aromatic rings. The number of amides is 1. The van der Waals surface area contributed by atoms with E-state index in [0.29, 0.717) is 11.6 Å². The maximum Gasteiger partial charge on any atom is 0.289 e. The Morgan fingerprint density at radius 1 is 0.967 bits per heavy atom. The Balaban J connectivity index is 0.00000256. The summed E-state index contributed by atoms with van der Waals surface area (Å²) >= 11 is 3.02. The maximum atomic E-state index is 13.4. The third-order valence-electron chi connectivity index (χ3n) is 5.01. The van der Waals surface area contributed by atoms with Crippen LogP contribution in [0.25, 0.3) is 20.4 Å². The number of rotatable bonds is 6. The lowest BCUT2D eigenvalue weighted by molar-refractivity contribution is -0.0000135. The van der Waals surface area contributed by atoms with Crippen molar-refractivity contribution in [2.75, 3.05) is 32.1 Å². The number of para-hydroxylation sites is 1. The second kappa shape index (κ2) is 9.39. The summed E-state index contributed by atoms with van der Waals surface area (Å²) < 4.78 is 2.14. The number of anilines is 1. The lowest BCUT2D eigenvalue weighted by atomic mass is 10.1. The number of thiazole rings is 2. The molecule has 0 saturated carbocycles. The van der Waals surface area contributed by atoms with E-state index in [0.717, 1.165) is 38.5 Å². The van der Waals surface area contributed by atoms with Crippen molar-refractivity contribution in [3.63, 3.8) is 0 Å². The standard InChI is InChI=1S/C22H24N4OS2.ClH/c1-14-10-11-18-19(15(14)2)24-22(29-18)26(13-7-12-25(3)4)21(27)20-23-16-8-5-6-9-17(16)28-20;/h5-6,8-11H,7,12-13H2,1-4H3;1H/p-1. The van der Waals surface area contributed by atoms with Crippen LogP contribution in [-0.4, -0.2) is 48.0 Å². The number of hydrogen-bond donors (Lipinski definition) is 0. The van der Waals surface area contributed by atoms with E-state index in [2.05, 4.69) is 35.9 Å². The third kappa shape index (κ3) is 4.49. The van der Waals surface area contributed by atoms with Crippen LogP contribution in [0.4, 0.5) is 5.13 Å². The van der Waals surface area contributed by atoms with Crippen LogP contribution >= 0.6 is 22.7 Å². The minimum absolute atomic E-state index is 0. The van der Waals surface area contributed by atoms with Gasteiger partial charge in [-0.05, 0) is 70.2 Å². The Labute approximate surface area is 190 Å². The Morgan fingerprint density at radius 2 is 1.73 bits per heavy atom. The van der Waals surface area contributed by atoms with E-state index >= 15 is 0 Å². The van der Waals surface area contributed by atoms with Gasteiger partial charge in [0.15, 0.2) is 10.1 Å². The molecule has 30 heavy (non-hydrogen) atoms. The van der Waals surface area contributed by atoms with E-state index in [9.17, 15) is 4.79 Å². The van der Waals surface area contributed by atoms with Crippen molar-refractivity contribution in [2.45, 2.75) is 20.3 Å². The van der Waals surface area contributed by atoms with Gasteiger partial charge in [-0.1, -0.05) is 29.5 Å². The van der Waals surface area contributed by atoms with E-state index < -0.39 is 0 Å². The summed E-state index contributed by atoms with van der Waals surface area (Å²) in [7, 11) is 4.09. The molecule has 0 N–H and O–H groups in total. The van der Waals surface area contributed by atoms with Crippen LogP contribution in [0.2, 0.25) is 0 Å². The van der Waals surface area contributed by atoms with Crippen molar-refractivity contribution in [3.8, 4) is 0 Å². The van der Waals surface area contributed by atoms with E-state index in [1.807, 2.05) is 38.4 Å². The van der Waals surface area contributed by atoms with Gasteiger partial charge in [0, 0.05) is 6.54 Å². The predicted octanol–water partition coefficient (Wildman–Crippen LogP) is 2.13. The van der Waals surface area contributed by atoms with Crippen molar-refractivity contribution in [1.29, 1.82) is 0 Å². The number of benzene rings is 2. The van der Waals surface area contributed by atoms with E-state index in [4.69, 9.17) is 4.98 Å². The number of halogens is 1. The lowest BCUT2D eigenvalue weighted by Gasteiger charge is -2.19. The van der Waals surface area contributed by atoms with Gasteiger partial charge in [0.2, 0.25) is 0 Å². The van der Waals surface area contributed by atoms with Gasteiger partial charge in [0.1, 0.15) is 0 Å². The average molecular weight is 460 g/mol. The van der Waals surface area contributed by atoms with Crippen molar-refractivity contribution >= 4 is 54.1 Å². The molecule has 0 spiro atoms. The van der Waals surface area contributed by atoms with Crippen molar-refractivity contribution < 1.29 is 17.2 Å². The highest BCUT2D eigenvalue weighted by atomic mass is 35.5. The highest BCUT2D eigenvalue weighted by Crippen LogP contribution is 2.33. The van der Waals surface area contributed by atoms with Crippen LogP contribution in [0.5, 0.6) is 0 Å². The summed E-state index contributed by atoms with van der Waals surface area (Å²) in [5.74, 6) is -0.0709. The second-order valence-electron chi connectivity index (χ2n) is 7.45. The quantitative estimate of drug-likeness (QED) is 0.443. The molecule has 2 aromatic carbocycles. The number of carbonyl (C=O) groups excluding carboxylic acids is 1. The molecular formula is C22H24ClN4OS2-. The van der Waals surface area contributed by atoms with Crippen LogP contribution in [0.15, 0.2) is 36.4 Å².